The Hall–Kier alpha value is -1.44. The molecule has 148 valence electrons. The van der Waals surface area contributed by atoms with E-state index in [2.05, 4.69) is 104 Å². The second-order valence-electron chi connectivity index (χ2n) is 8.66. The van der Waals surface area contributed by atoms with Crippen LogP contribution in [0.15, 0.2) is 60.8 Å². The average Bonchev–Trinajstić information content (AvgIpc) is 3.04. The van der Waals surface area contributed by atoms with Crippen LogP contribution in [0, 0.1) is 3.83 Å². The summed E-state index contributed by atoms with van der Waals surface area (Å²) in [5.74, 6) is 0. The topological polar surface area (TPSA) is 27.1 Å². The summed E-state index contributed by atoms with van der Waals surface area (Å²) >= 11 is 2.30. The monoisotopic (exact) mass is 504 g/mol. The molecule has 2 aromatic carbocycles. The van der Waals surface area contributed by atoms with Crippen molar-refractivity contribution in [3.05, 3.63) is 70.2 Å². The van der Waals surface area contributed by atoms with Crippen LogP contribution in [-0.4, -0.2) is 24.5 Å². The van der Waals surface area contributed by atoms with Crippen molar-refractivity contribution in [3.8, 4) is 16.9 Å². The Kier molecular flexibility index (Phi) is 6.46. The van der Waals surface area contributed by atoms with E-state index in [4.69, 9.17) is 9.41 Å². The number of rotatable bonds is 6. The summed E-state index contributed by atoms with van der Waals surface area (Å²) in [6, 6.07) is 19.0. The first-order valence-electron chi connectivity index (χ1n) is 9.71. The maximum atomic E-state index is 6.31. The Morgan fingerprint density at radius 3 is 2.25 bits per heavy atom. The van der Waals surface area contributed by atoms with Crippen molar-refractivity contribution >= 4 is 30.9 Å². The van der Waals surface area contributed by atoms with Crippen molar-refractivity contribution in [3.63, 3.8) is 0 Å². The molecule has 0 aliphatic heterocycles. The fourth-order valence-electron chi connectivity index (χ4n) is 2.75. The van der Waals surface area contributed by atoms with Crippen LogP contribution >= 0.6 is 22.6 Å². The molecule has 0 N–H and O–H groups in total. The van der Waals surface area contributed by atoms with Crippen LogP contribution in [0.2, 0.25) is 18.1 Å². The third-order valence-electron chi connectivity index (χ3n) is 5.61. The van der Waals surface area contributed by atoms with Gasteiger partial charge in [-0.05, 0) is 42.2 Å². The molecule has 0 aliphatic carbocycles. The zero-order chi connectivity index (χ0) is 20.4. The van der Waals surface area contributed by atoms with Crippen molar-refractivity contribution < 1.29 is 4.43 Å². The van der Waals surface area contributed by atoms with Crippen molar-refractivity contribution in [2.75, 3.05) is 6.61 Å². The van der Waals surface area contributed by atoms with Gasteiger partial charge in [0.2, 0.25) is 0 Å². The lowest BCUT2D eigenvalue weighted by Gasteiger charge is -2.36. The molecule has 3 rings (SSSR count). The van der Waals surface area contributed by atoms with E-state index < -0.39 is 8.32 Å². The van der Waals surface area contributed by atoms with Gasteiger partial charge in [0.15, 0.2) is 12.1 Å². The van der Waals surface area contributed by atoms with E-state index in [-0.39, 0.29) is 5.04 Å². The van der Waals surface area contributed by atoms with Gasteiger partial charge in [0, 0.05) is 46.6 Å². The number of halogens is 1. The Morgan fingerprint density at radius 1 is 1.00 bits per heavy atom. The van der Waals surface area contributed by atoms with Gasteiger partial charge in [-0.25, -0.2) is 4.98 Å². The Balaban J connectivity index is 1.68. The van der Waals surface area contributed by atoms with Gasteiger partial charge in [0.05, 0.1) is 5.69 Å². The predicted molar refractivity (Wildman–Crippen MR) is 129 cm³/mol. The van der Waals surface area contributed by atoms with Crippen LogP contribution in [0.5, 0.6) is 0 Å². The summed E-state index contributed by atoms with van der Waals surface area (Å²) in [7, 11) is -1.67. The highest BCUT2D eigenvalue weighted by Gasteiger charge is 2.36. The van der Waals surface area contributed by atoms with Gasteiger partial charge in [0.1, 0.15) is 0 Å². The molecule has 28 heavy (non-hydrogen) atoms. The fourth-order valence-corrected chi connectivity index (χ4v) is 4.47. The molecule has 0 amide bonds. The standard InChI is InChI=1S/C23H29IN2OSi/c1-23(2,3)28(4,5)27-16-15-18-11-13-20(14-12-18)26-17-21(25-22(26)24)19-9-7-6-8-10-19/h6-14,17H,15-16H2,1-5H3. The molecule has 0 unspecified atom stereocenters. The number of hydrogen-bond donors (Lipinski definition) is 0. The second-order valence-corrected chi connectivity index (χ2v) is 14.4. The Bertz CT molecular complexity index is 912. The largest absolute Gasteiger partial charge is 0.416 e. The Labute approximate surface area is 183 Å². The number of hydrogen-bond acceptors (Lipinski definition) is 2. The highest BCUT2D eigenvalue weighted by atomic mass is 127. The van der Waals surface area contributed by atoms with Crippen LogP contribution in [0.3, 0.4) is 0 Å². The lowest BCUT2D eigenvalue weighted by molar-refractivity contribution is 0.292. The maximum absolute atomic E-state index is 6.31. The van der Waals surface area contributed by atoms with E-state index in [0.29, 0.717) is 0 Å². The molecule has 1 heterocycles. The molecule has 3 nitrogen and oxygen atoms in total. The summed E-state index contributed by atoms with van der Waals surface area (Å²) < 4.78 is 9.41. The zero-order valence-electron chi connectivity index (χ0n) is 17.4. The van der Waals surface area contributed by atoms with Crippen molar-refractivity contribution in [1.29, 1.82) is 0 Å². The van der Waals surface area contributed by atoms with Gasteiger partial charge in [-0.3, -0.25) is 4.57 Å². The van der Waals surface area contributed by atoms with Gasteiger partial charge in [-0.1, -0.05) is 63.2 Å². The summed E-state index contributed by atoms with van der Waals surface area (Å²) in [4.78, 5) is 4.71. The minimum atomic E-state index is -1.67. The summed E-state index contributed by atoms with van der Waals surface area (Å²) in [6.45, 7) is 12.2. The molecule has 0 fully saturated rings. The molecule has 0 radical (unpaired) electrons. The molecule has 0 saturated carbocycles. The van der Waals surface area contributed by atoms with Crippen LogP contribution < -0.4 is 0 Å². The lowest BCUT2D eigenvalue weighted by atomic mass is 10.1. The van der Waals surface area contributed by atoms with Gasteiger partial charge in [-0.2, -0.15) is 0 Å². The fraction of sp³-hybridized carbons (Fsp3) is 0.348. The number of nitrogens with zero attached hydrogens (tertiary/aromatic N) is 2. The zero-order valence-corrected chi connectivity index (χ0v) is 20.5. The quantitative estimate of drug-likeness (QED) is 0.276. The van der Waals surface area contributed by atoms with Gasteiger partial charge >= 0.3 is 0 Å². The molecular weight excluding hydrogens is 475 g/mol. The lowest BCUT2D eigenvalue weighted by Crippen LogP contribution is -2.41. The first-order chi connectivity index (χ1) is 13.2. The summed E-state index contributed by atoms with van der Waals surface area (Å²) in [6.07, 6.45) is 3.05. The number of aromatic nitrogens is 2. The Morgan fingerprint density at radius 2 is 1.64 bits per heavy atom. The summed E-state index contributed by atoms with van der Waals surface area (Å²) in [5.41, 5.74) is 4.57. The van der Waals surface area contributed by atoms with Gasteiger partial charge in [0.25, 0.3) is 0 Å². The van der Waals surface area contributed by atoms with Crippen LogP contribution in [-0.2, 0) is 10.8 Å². The SMILES string of the molecule is CC(C)(C)[Si](C)(C)OCCc1ccc(-n2cc(-c3ccccc3)nc2I)cc1. The van der Waals surface area contributed by atoms with Gasteiger partial charge in [-0.15, -0.1) is 0 Å². The third-order valence-corrected chi connectivity index (χ3v) is 10.9. The van der Waals surface area contributed by atoms with Gasteiger partial charge < -0.3 is 4.43 Å². The first-order valence-corrected chi connectivity index (χ1v) is 13.7. The molecule has 0 aliphatic rings. The minimum Gasteiger partial charge on any atom is -0.416 e. The van der Waals surface area contributed by atoms with E-state index in [9.17, 15) is 0 Å². The highest BCUT2D eigenvalue weighted by Crippen LogP contribution is 2.36. The molecule has 0 spiro atoms. The molecule has 5 heteroatoms. The smallest absolute Gasteiger partial charge is 0.191 e. The second kappa shape index (κ2) is 8.51. The van der Waals surface area contributed by atoms with E-state index in [0.717, 1.165) is 33.8 Å². The van der Waals surface area contributed by atoms with E-state index in [1.165, 1.54) is 5.56 Å². The third kappa shape index (κ3) is 4.93. The normalized spacial score (nSPS) is 12.4. The average molecular weight is 504 g/mol. The minimum absolute atomic E-state index is 0.255. The molecular formula is C23H29IN2OSi. The number of imidazole rings is 1. The van der Waals surface area contributed by atoms with Crippen LogP contribution in [0.25, 0.3) is 16.9 Å². The van der Waals surface area contributed by atoms with Crippen molar-refractivity contribution in [2.45, 2.75) is 45.3 Å². The predicted octanol–water partition coefficient (Wildman–Crippen LogP) is 6.71. The van der Waals surface area contributed by atoms with E-state index >= 15 is 0 Å². The molecule has 0 bridgehead atoms. The van der Waals surface area contributed by atoms with Crippen molar-refractivity contribution in [1.82, 2.24) is 9.55 Å². The first kappa shape index (κ1) is 21.3. The van der Waals surface area contributed by atoms with E-state index in [1.54, 1.807) is 0 Å². The molecule has 0 saturated heterocycles. The molecule has 3 aromatic rings. The highest BCUT2D eigenvalue weighted by molar-refractivity contribution is 14.1. The molecule has 0 atom stereocenters. The van der Waals surface area contributed by atoms with Crippen LogP contribution in [0.1, 0.15) is 26.3 Å². The summed E-state index contributed by atoms with van der Waals surface area (Å²) in [5, 5.41) is 0.255. The van der Waals surface area contributed by atoms with E-state index in [1.807, 2.05) is 18.2 Å². The molecule has 1 aromatic heterocycles. The maximum Gasteiger partial charge on any atom is 0.191 e. The van der Waals surface area contributed by atoms with Crippen molar-refractivity contribution in [2.24, 2.45) is 0 Å². The number of benzene rings is 2. The van der Waals surface area contributed by atoms with Crippen LogP contribution in [0.4, 0.5) is 0 Å².